The maximum Gasteiger partial charge on any atom is 0.259 e. The molecule has 0 atom stereocenters. The van der Waals surface area contributed by atoms with Crippen molar-refractivity contribution in [1.82, 2.24) is 15.0 Å². The third-order valence-corrected chi connectivity index (χ3v) is 5.90. The number of anilines is 1. The first-order chi connectivity index (χ1) is 17.8. The van der Waals surface area contributed by atoms with Gasteiger partial charge in [-0.25, -0.2) is 0 Å². The predicted octanol–water partition coefficient (Wildman–Crippen LogP) is 5.61. The zero-order valence-corrected chi connectivity index (χ0v) is 21.9. The molecule has 192 valence electrons. The maximum absolute atomic E-state index is 13.2. The van der Waals surface area contributed by atoms with Crippen LogP contribution in [0.25, 0.3) is 22.5 Å². The van der Waals surface area contributed by atoms with Crippen molar-refractivity contribution in [2.45, 2.75) is 20.3 Å². The molecule has 0 saturated carbocycles. The highest BCUT2D eigenvalue weighted by molar-refractivity contribution is 6.06. The smallest absolute Gasteiger partial charge is 0.259 e. The molecule has 8 nitrogen and oxygen atoms in total. The number of aromatic nitrogens is 2. The lowest BCUT2D eigenvalue weighted by molar-refractivity contribution is 0.102. The summed E-state index contributed by atoms with van der Waals surface area (Å²) >= 11 is 0. The van der Waals surface area contributed by atoms with Gasteiger partial charge in [0, 0.05) is 24.7 Å². The van der Waals surface area contributed by atoms with Crippen molar-refractivity contribution in [3.63, 3.8) is 0 Å². The van der Waals surface area contributed by atoms with Crippen molar-refractivity contribution in [1.29, 1.82) is 0 Å². The third-order valence-electron chi connectivity index (χ3n) is 5.90. The Bertz CT molecular complexity index is 1360. The van der Waals surface area contributed by atoms with Gasteiger partial charge in [-0.05, 0) is 86.6 Å². The number of benzene rings is 3. The van der Waals surface area contributed by atoms with E-state index in [1.165, 1.54) is 0 Å². The van der Waals surface area contributed by atoms with Crippen LogP contribution in [0.2, 0.25) is 0 Å². The quantitative estimate of drug-likeness (QED) is 0.283. The highest BCUT2D eigenvalue weighted by Crippen LogP contribution is 2.32. The molecule has 0 fully saturated rings. The second kappa shape index (κ2) is 11.7. The Morgan fingerprint density at radius 2 is 1.76 bits per heavy atom. The summed E-state index contributed by atoms with van der Waals surface area (Å²) in [6.45, 7) is 5.20. The first-order valence-electron chi connectivity index (χ1n) is 12.1. The minimum absolute atomic E-state index is 0.237. The Kier molecular flexibility index (Phi) is 8.20. The molecule has 1 aromatic heterocycles. The topological polar surface area (TPSA) is 89.7 Å². The number of rotatable bonds is 10. The summed E-state index contributed by atoms with van der Waals surface area (Å²) in [7, 11) is 5.66. The summed E-state index contributed by atoms with van der Waals surface area (Å²) in [6.07, 6.45) is 0.842. The van der Waals surface area contributed by atoms with E-state index in [4.69, 9.17) is 14.0 Å². The predicted molar refractivity (Wildman–Crippen MR) is 144 cm³/mol. The Morgan fingerprint density at radius 1 is 1.00 bits per heavy atom. The molecule has 0 unspecified atom stereocenters. The van der Waals surface area contributed by atoms with Gasteiger partial charge in [0.05, 0.1) is 19.3 Å². The highest BCUT2D eigenvalue weighted by atomic mass is 16.5. The molecule has 0 radical (unpaired) electrons. The molecule has 0 saturated heterocycles. The standard InChI is InChI=1S/C29H32N4O4/c1-19-17-22(28-30-20(2)37-32-28)8-13-25(19)21-7-14-26(27(18-21)36-16-6-15-33(3)4)29(34)31-23-9-11-24(35-5)12-10-23/h7-14,17-18H,6,15-16H2,1-5H3,(H,31,34). The van der Waals surface area contributed by atoms with Crippen molar-refractivity contribution < 1.29 is 18.8 Å². The zero-order valence-electron chi connectivity index (χ0n) is 21.9. The van der Waals surface area contributed by atoms with Gasteiger partial charge in [-0.15, -0.1) is 0 Å². The van der Waals surface area contributed by atoms with Crippen molar-refractivity contribution in [2.24, 2.45) is 0 Å². The number of carbonyl (C=O) groups excluding carboxylic acids is 1. The maximum atomic E-state index is 13.2. The number of hydrogen-bond donors (Lipinski definition) is 1. The lowest BCUT2D eigenvalue weighted by atomic mass is 9.96. The largest absolute Gasteiger partial charge is 0.497 e. The molecule has 1 N–H and O–H groups in total. The average Bonchev–Trinajstić information content (AvgIpc) is 3.33. The van der Waals surface area contributed by atoms with Gasteiger partial charge >= 0.3 is 0 Å². The highest BCUT2D eigenvalue weighted by Gasteiger charge is 2.16. The van der Waals surface area contributed by atoms with E-state index in [0.717, 1.165) is 41.0 Å². The first-order valence-corrected chi connectivity index (χ1v) is 12.1. The third kappa shape index (κ3) is 6.54. The van der Waals surface area contributed by atoms with E-state index in [-0.39, 0.29) is 5.91 Å². The molecule has 0 aliphatic rings. The molecule has 0 aliphatic carbocycles. The van der Waals surface area contributed by atoms with E-state index in [1.54, 1.807) is 38.3 Å². The monoisotopic (exact) mass is 500 g/mol. The molecule has 3 aromatic carbocycles. The van der Waals surface area contributed by atoms with E-state index in [2.05, 4.69) is 20.4 Å². The average molecular weight is 501 g/mol. The summed E-state index contributed by atoms with van der Waals surface area (Å²) in [4.78, 5) is 19.6. The number of hydrogen-bond acceptors (Lipinski definition) is 7. The molecule has 4 aromatic rings. The van der Waals surface area contributed by atoms with E-state index in [1.807, 2.05) is 57.4 Å². The number of nitrogens with one attached hydrogen (secondary N) is 1. The number of ether oxygens (including phenoxy) is 2. The van der Waals surface area contributed by atoms with E-state index in [0.29, 0.717) is 35.3 Å². The van der Waals surface area contributed by atoms with Gasteiger partial charge in [-0.1, -0.05) is 23.4 Å². The van der Waals surface area contributed by atoms with Crippen LogP contribution in [0.4, 0.5) is 5.69 Å². The van der Waals surface area contributed by atoms with Crippen molar-refractivity contribution in [3.05, 3.63) is 77.7 Å². The number of carbonyl (C=O) groups is 1. The van der Waals surface area contributed by atoms with Gasteiger partial charge in [-0.3, -0.25) is 4.79 Å². The van der Waals surface area contributed by atoms with Crippen LogP contribution in [0.5, 0.6) is 11.5 Å². The Balaban J connectivity index is 1.61. The summed E-state index contributed by atoms with van der Waals surface area (Å²) < 4.78 is 16.5. The van der Waals surface area contributed by atoms with Crippen LogP contribution < -0.4 is 14.8 Å². The minimum atomic E-state index is -0.237. The fraction of sp³-hybridized carbons (Fsp3) is 0.276. The zero-order chi connectivity index (χ0) is 26.4. The van der Waals surface area contributed by atoms with Crippen LogP contribution in [0, 0.1) is 13.8 Å². The summed E-state index contributed by atoms with van der Waals surface area (Å²) in [6, 6.07) is 18.9. The molecule has 37 heavy (non-hydrogen) atoms. The minimum Gasteiger partial charge on any atom is -0.497 e. The summed E-state index contributed by atoms with van der Waals surface area (Å²) in [5, 5.41) is 6.96. The van der Waals surface area contributed by atoms with Crippen molar-refractivity contribution >= 4 is 11.6 Å². The van der Waals surface area contributed by atoms with Gasteiger partial charge < -0.3 is 24.2 Å². The van der Waals surface area contributed by atoms with Crippen molar-refractivity contribution in [3.8, 4) is 34.0 Å². The van der Waals surface area contributed by atoms with Gasteiger partial charge in [0.2, 0.25) is 11.7 Å². The lowest BCUT2D eigenvalue weighted by Gasteiger charge is -2.16. The second-order valence-electron chi connectivity index (χ2n) is 9.07. The molecule has 1 heterocycles. The molecular formula is C29H32N4O4. The van der Waals surface area contributed by atoms with Crippen molar-refractivity contribution in [2.75, 3.05) is 39.7 Å². The van der Waals surface area contributed by atoms with Gasteiger partial charge in [-0.2, -0.15) is 4.98 Å². The fourth-order valence-corrected chi connectivity index (χ4v) is 3.98. The van der Waals surface area contributed by atoms with Crippen LogP contribution in [-0.4, -0.2) is 55.3 Å². The van der Waals surface area contributed by atoms with Crippen LogP contribution in [0.1, 0.15) is 28.2 Å². The van der Waals surface area contributed by atoms with Gasteiger partial charge in [0.15, 0.2) is 0 Å². The molecule has 0 bridgehead atoms. The van der Waals surface area contributed by atoms with E-state index in [9.17, 15) is 4.79 Å². The van der Waals surface area contributed by atoms with Crippen LogP contribution in [0.3, 0.4) is 0 Å². The molecule has 8 heteroatoms. The molecular weight excluding hydrogens is 468 g/mol. The molecule has 4 rings (SSSR count). The second-order valence-corrected chi connectivity index (χ2v) is 9.07. The fourth-order valence-electron chi connectivity index (χ4n) is 3.98. The number of methoxy groups -OCH3 is 1. The summed E-state index contributed by atoms with van der Waals surface area (Å²) in [5.74, 6) is 2.11. The number of aryl methyl sites for hydroxylation is 2. The normalized spacial score (nSPS) is 11.0. The Hall–Kier alpha value is -4.17. The first kappa shape index (κ1) is 25.9. The SMILES string of the molecule is COc1ccc(NC(=O)c2ccc(-c3ccc(-c4noc(C)n4)cc3C)cc2OCCCN(C)C)cc1. The van der Waals surface area contributed by atoms with E-state index >= 15 is 0 Å². The van der Waals surface area contributed by atoms with Gasteiger partial charge in [0.25, 0.3) is 5.91 Å². The lowest BCUT2D eigenvalue weighted by Crippen LogP contribution is -2.17. The van der Waals surface area contributed by atoms with Crippen LogP contribution in [-0.2, 0) is 0 Å². The number of nitrogens with zero attached hydrogens (tertiary/aromatic N) is 3. The Morgan fingerprint density at radius 3 is 2.41 bits per heavy atom. The number of amides is 1. The van der Waals surface area contributed by atoms with Crippen LogP contribution in [0.15, 0.2) is 65.2 Å². The van der Waals surface area contributed by atoms with E-state index < -0.39 is 0 Å². The summed E-state index contributed by atoms with van der Waals surface area (Å²) in [5.41, 5.74) is 5.07. The molecule has 0 spiro atoms. The Labute approximate surface area is 217 Å². The van der Waals surface area contributed by atoms with Gasteiger partial charge in [0.1, 0.15) is 11.5 Å². The molecule has 1 amide bonds. The molecule has 0 aliphatic heterocycles. The van der Waals surface area contributed by atoms with Crippen LogP contribution >= 0.6 is 0 Å².